The van der Waals surface area contributed by atoms with Crippen molar-refractivity contribution < 1.29 is 19.4 Å². The minimum atomic E-state index is -1.44. The van der Waals surface area contributed by atoms with E-state index in [1.54, 1.807) is 30.3 Å². The molecule has 1 unspecified atom stereocenters. The number of Topliss-reactive ketones (excluding diaryl/α,β-unsaturated/α-hetero) is 1. The molecule has 76 valence electrons. The maximum atomic E-state index is 11.7. The molecular weight excluding hydrogens is 196 g/mol. The highest BCUT2D eigenvalue weighted by atomic mass is 16.6. The lowest BCUT2D eigenvalue weighted by molar-refractivity contribution is -0.150. The van der Waals surface area contributed by atoms with E-state index in [1.165, 1.54) is 0 Å². The Labute approximate surface area is 85.8 Å². The highest BCUT2D eigenvalue weighted by Gasteiger charge is 2.29. The number of aliphatic hydroxyl groups excluding tert-OH is 1. The number of hydrogen-bond acceptors (Lipinski definition) is 4. The number of carbonyl (C=O) groups excluding carboxylic acids is 2. The van der Waals surface area contributed by atoms with Crippen LogP contribution >= 0.6 is 0 Å². The summed E-state index contributed by atoms with van der Waals surface area (Å²) < 4.78 is 4.42. The first-order chi connectivity index (χ1) is 7.18. The number of ether oxygens (including phenoxy) is 1. The number of ketones is 1. The maximum Gasteiger partial charge on any atom is 0.333 e. The van der Waals surface area contributed by atoms with Crippen molar-refractivity contribution in [3.8, 4) is 0 Å². The SMILES string of the molecule is O=C1C=C(C(=O)c2ccccc2)C(O)O1. The second-order valence-corrected chi connectivity index (χ2v) is 3.08. The second-order valence-electron chi connectivity index (χ2n) is 3.08. The Morgan fingerprint density at radius 1 is 1.27 bits per heavy atom. The van der Waals surface area contributed by atoms with Crippen LogP contribution in [0.3, 0.4) is 0 Å². The van der Waals surface area contributed by atoms with E-state index in [0.717, 1.165) is 6.08 Å². The van der Waals surface area contributed by atoms with Crippen LogP contribution in [0.25, 0.3) is 0 Å². The molecule has 1 aliphatic heterocycles. The van der Waals surface area contributed by atoms with Gasteiger partial charge in [-0.05, 0) is 0 Å². The molecule has 2 rings (SSSR count). The van der Waals surface area contributed by atoms with Gasteiger partial charge in [0.2, 0.25) is 6.29 Å². The molecule has 0 saturated heterocycles. The molecule has 1 aliphatic rings. The molecule has 0 spiro atoms. The fourth-order valence-corrected chi connectivity index (χ4v) is 1.34. The summed E-state index contributed by atoms with van der Waals surface area (Å²) in [5, 5.41) is 9.26. The Morgan fingerprint density at radius 3 is 2.47 bits per heavy atom. The van der Waals surface area contributed by atoms with Gasteiger partial charge in [-0.15, -0.1) is 0 Å². The molecule has 0 aromatic heterocycles. The van der Waals surface area contributed by atoms with Gasteiger partial charge in [-0.2, -0.15) is 0 Å². The Balaban J connectivity index is 2.30. The van der Waals surface area contributed by atoms with E-state index in [4.69, 9.17) is 0 Å². The summed E-state index contributed by atoms with van der Waals surface area (Å²) in [5.41, 5.74) is 0.396. The van der Waals surface area contributed by atoms with E-state index in [0.29, 0.717) is 5.56 Å². The predicted octanol–water partition coefficient (Wildman–Crippen LogP) is 0.671. The molecule has 0 saturated carbocycles. The lowest BCUT2D eigenvalue weighted by Gasteiger charge is -2.05. The summed E-state index contributed by atoms with van der Waals surface area (Å²) in [4.78, 5) is 22.5. The number of carbonyl (C=O) groups is 2. The minimum Gasteiger partial charge on any atom is -0.428 e. The molecule has 1 aromatic rings. The first kappa shape index (κ1) is 9.61. The van der Waals surface area contributed by atoms with Crippen LogP contribution in [-0.4, -0.2) is 23.1 Å². The van der Waals surface area contributed by atoms with Gasteiger partial charge < -0.3 is 9.84 Å². The Bertz CT molecular complexity index is 433. The number of cyclic esters (lactones) is 1. The number of hydrogen-bond donors (Lipinski definition) is 1. The normalized spacial score (nSPS) is 19.7. The van der Waals surface area contributed by atoms with Crippen LogP contribution in [0.2, 0.25) is 0 Å². The van der Waals surface area contributed by atoms with Crippen molar-refractivity contribution in [3.63, 3.8) is 0 Å². The molecule has 4 heteroatoms. The number of aliphatic hydroxyl groups is 1. The van der Waals surface area contributed by atoms with E-state index in [-0.39, 0.29) is 5.57 Å². The van der Waals surface area contributed by atoms with Gasteiger partial charge in [-0.3, -0.25) is 4.79 Å². The largest absolute Gasteiger partial charge is 0.428 e. The smallest absolute Gasteiger partial charge is 0.333 e. The highest BCUT2D eigenvalue weighted by Crippen LogP contribution is 2.18. The van der Waals surface area contributed by atoms with E-state index in [2.05, 4.69) is 4.74 Å². The molecule has 0 bridgehead atoms. The van der Waals surface area contributed by atoms with Gasteiger partial charge in [-0.1, -0.05) is 30.3 Å². The van der Waals surface area contributed by atoms with Crippen LogP contribution < -0.4 is 0 Å². The van der Waals surface area contributed by atoms with Crippen LogP contribution in [-0.2, 0) is 9.53 Å². The van der Waals surface area contributed by atoms with Gasteiger partial charge in [0.05, 0.1) is 5.57 Å². The van der Waals surface area contributed by atoms with Crippen molar-refractivity contribution in [1.82, 2.24) is 0 Å². The van der Waals surface area contributed by atoms with Gasteiger partial charge in [0.1, 0.15) is 0 Å². The first-order valence-corrected chi connectivity index (χ1v) is 4.38. The Morgan fingerprint density at radius 2 is 1.93 bits per heavy atom. The monoisotopic (exact) mass is 204 g/mol. The molecule has 15 heavy (non-hydrogen) atoms. The summed E-state index contributed by atoms with van der Waals surface area (Å²) in [5.74, 6) is -1.09. The topological polar surface area (TPSA) is 63.6 Å². The molecule has 0 fully saturated rings. The van der Waals surface area contributed by atoms with E-state index in [1.807, 2.05) is 0 Å². The summed E-state index contributed by atoms with van der Waals surface area (Å²) in [6.07, 6.45) is -0.426. The zero-order valence-electron chi connectivity index (χ0n) is 7.71. The molecule has 4 nitrogen and oxygen atoms in total. The van der Waals surface area contributed by atoms with Gasteiger partial charge in [0.15, 0.2) is 5.78 Å². The van der Waals surface area contributed by atoms with Gasteiger partial charge in [0.25, 0.3) is 0 Å². The van der Waals surface area contributed by atoms with Crippen molar-refractivity contribution in [2.75, 3.05) is 0 Å². The fraction of sp³-hybridized carbons (Fsp3) is 0.0909. The summed E-state index contributed by atoms with van der Waals surface area (Å²) >= 11 is 0. The molecule has 0 radical (unpaired) electrons. The predicted molar refractivity (Wildman–Crippen MR) is 51.0 cm³/mol. The van der Waals surface area contributed by atoms with Crippen molar-refractivity contribution in [2.45, 2.75) is 6.29 Å². The van der Waals surface area contributed by atoms with Gasteiger partial charge in [0, 0.05) is 11.6 Å². The van der Waals surface area contributed by atoms with Crippen molar-refractivity contribution >= 4 is 11.8 Å². The molecule has 1 heterocycles. The zero-order chi connectivity index (χ0) is 10.8. The number of esters is 1. The lowest BCUT2D eigenvalue weighted by atomic mass is 10.0. The lowest BCUT2D eigenvalue weighted by Crippen LogP contribution is -2.16. The third kappa shape index (κ3) is 1.80. The van der Waals surface area contributed by atoms with Crippen LogP contribution in [0.5, 0.6) is 0 Å². The van der Waals surface area contributed by atoms with E-state index >= 15 is 0 Å². The van der Waals surface area contributed by atoms with Crippen LogP contribution in [0.1, 0.15) is 10.4 Å². The average Bonchev–Trinajstić information content (AvgIpc) is 2.58. The minimum absolute atomic E-state index is 0.0220. The zero-order valence-corrected chi connectivity index (χ0v) is 7.71. The van der Waals surface area contributed by atoms with Gasteiger partial charge in [-0.25, -0.2) is 4.79 Å². The number of rotatable bonds is 2. The van der Waals surface area contributed by atoms with Crippen molar-refractivity contribution in [3.05, 3.63) is 47.5 Å². The summed E-state index contributed by atoms with van der Waals surface area (Å²) in [6, 6.07) is 8.41. The van der Waals surface area contributed by atoms with Crippen LogP contribution in [0.15, 0.2) is 42.0 Å². The molecule has 0 amide bonds. The molecule has 1 atom stereocenters. The first-order valence-electron chi connectivity index (χ1n) is 4.38. The Kier molecular flexibility index (Phi) is 2.35. The quantitative estimate of drug-likeness (QED) is 0.568. The molecule has 1 aromatic carbocycles. The number of benzene rings is 1. The molecular formula is C11H8O4. The van der Waals surface area contributed by atoms with E-state index < -0.39 is 18.0 Å². The third-order valence-corrected chi connectivity index (χ3v) is 2.07. The summed E-state index contributed by atoms with van der Waals surface area (Å²) in [6.45, 7) is 0. The summed E-state index contributed by atoms with van der Waals surface area (Å²) in [7, 11) is 0. The average molecular weight is 204 g/mol. The standard InChI is InChI=1S/C11H8O4/c12-9-6-8(11(14)15-9)10(13)7-4-2-1-3-5-7/h1-6,11,14H. The fourth-order valence-electron chi connectivity index (χ4n) is 1.34. The van der Waals surface area contributed by atoms with E-state index in [9.17, 15) is 14.7 Å². The van der Waals surface area contributed by atoms with Crippen molar-refractivity contribution in [1.29, 1.82) is 0 Å². The van der Waals surface area contributed by atoms with Crippen molar-refractivity contribution in [2.24, 2.45) is 0 Å². The van der Waals surface area contributed by atoms with Crippen LogP contribution in [0.4, 0.5) is 0 Å². The third-order valence-electron chi connectivity index (χ3n) is 2.07. The maximum absolute atomic E-state index is 11.7. The highest BCUT2D eigenvalue weighted by molar-refractivity contribution is 6.13. The van der Waals surface area contributed by atoms with Crippen LogP contribution in [0, 0.1) is 0 Å². The Hall–Kier alpha value is -1.94. The molecule has 1 N–H and O–H groups in total. The van der Waals surface area contributed by atoms with Gasteiger partial charge >= 0.3 is 5.97 Å². The molecule has 0 aliphatic carbocycles. The second kappa shape index (κ2) is 3.67.